The third-order valence-electron chi connectivity index (χ3n) is 2.89. The molecule has 0 heterocycles. The maximum absolute atomic E-state index is 12.4. The highest BCUT2D eigenvalue weighted by atomic mass is 19.4. The summed E-state index contributed by atoms with van der Waals surface area (Å²) in [5.41, 5.74) is 0.782. The highest BCUT2D eigenvalue weighted by molar-refractivity contribution is 5.58. The van der Waals surface area contributed by atoms with Crippen molar-refractivity contribution in [2.45, 2.75) is 19.3 Å². The highest BCUT2D eigenvalue weighted by Crippen LogP contribution is 2.33. The highest BCUT2D eigenvalue weighted by Gasteiger charge is 2.32. The van der Waals surface area contributed by atoms with Gasteiger partial charge in [-0.15, -0.1) is 13.2 Å². The lowest BCUT2D eigenvalue weighted by molar-refractivity contribution is -0.274. The Morgan fingerprint density at radius 2 is 1.67 bits per heavy atom. The molecule has 0 saturated heterocycles. The minimum Gasteiger partial charge on any atom is -0.508 e. The predicted octanol–water partition coefficient (Wildman–Crippen LogP) is 4.46. The van der Waals surface area contributed by atoms with Gasteiger partial charge in [-0.25, -0.2) is 0 Å². The minimum atomic E-state index is -4.75. The SMILES string of the molecule is CC(Nc1ccccc1OC(F)(F)F)c1ccccc1O. The van der Waals surface area contributed by atoms with Crippen molar-refractivity contribution >= 4 is 5.69 Å². The number of hydrogen-bond acceptors (Lipinski definition) is 3. The third-order valence-corrected chi connectivity index (χ3v) is 2.89. The molecule has 0 aliphatic rings. The van der Waals surface area contributed by atoms with Crippen molar-refractivity contribution in [3.63, 3.8) is 0 Å². The Hall–Kier alpha value is -2.37. The zero-order valence-corrected chi connectivity index (χ0v) is 11.2. The first-order valence-corrected chi connectivity index (χ1v) is 6.26. The molecule has 0 aliphatic carbocycles. The van der Waals surface area contributed by atoms with Crippen molar-refractivity contribution in [3.8, 4) is 11.5 Å². The monoisotopic (exact) mass is 297 g/mol. The molecule has 0 aromatic heterocycles. The van der Waals surface area contributed by atoms with Crippen LogP contribution >= 0.6 is 0 Å². The molecule has 0 saturated carbocycles. The van der Waals surface area contributed by atoms with Crippen molar-refractivity contribution in [2.75, 3.05) is 5.32 Å². The molecule has 2 aromatic rings. The van der Waals surface area contributed by atoms with E-state index in [1.165, 1.54) is 24.3 Å². The first-order chi connectivity index (χ1) is 9.87. The van der Waals surface area contributed by atoms with E-state index in [-0.39, 0.29) is 23.2 Å². The number of phenolic OH excluding ortho intramolecular Hbond substituents is 1. The molecular formula is C15H14F3NO2. The minimum absolute atomic E-state index is 0.0757. The van der Waals surface area contributed by atoms with Gasteiger partial charge in [0.25, 0.3) is 0 Å². The molecule has 1 atom stereocenters. The molecule has 0 bridgehead atoms. The van der Waals surface area contributed by atoms with Crippen molar-refractivity contribution in [3.05, 3.63) is 54.1 Å². The Labute approximate surface area is 120 Å². The number of rotatable bonds is 4. The number of para-hydroxylation sites is 3. The number of aromatic hydroxyl groups is 1. The van der Waals surface area contributed by atoms with E-state index < -0.39 is 6.36 Å². The molecule has 0 spiro atoms. The number of alkyl halides is 3. The molecule has 0 fully saturated rings. The summed E-state index contributed by atoms with van der Waals surface area (Å²) in [6.45, 7) is 1.74. The lowest BCUT2D eigenvalue weighted by atomic mass is 10.1. The Morgan fingerprint density at radius 1 is 1.05 bits per heavy atom. The molecule has 6 heteroatoms. The molecule has 112 valence electrons. The number of anilines is 1. The van der Waals surface area contributed by atoms with Crippen LogP contribution in [0.4, 0.5) is 18.9 Å². The van der Waals surface area contributed by atoms with Gasteiger partial charge >= 0.3 is 6.36 Å². The summed E-state index contributed by atoms with van der Waals surface area (Å²) in [7, 11) is 0. The molecule has 2 rings (SSSR count). The van der Waals surface area contributed by atoms with E-state index in [4.69, 9.17) is 0 Å². The summed E-state index contributed by atoms with van der Waals surface area (Å²) in [6.07, 6.45) is -4.75. The van der Waals surface area contributed by atoms with E-state index in [1.54, 1.807) is 31.2 Å². The second kappa shape index (κ2) is 5.95. The van der Waals surface area contributed by atoms with Gasteiger partial charge in [-0.2, -0.15) is 0 Å². The maximum Gasteiger partial charge on any atom is 0.573 e. The van der Waals surface area contributed by atoms with E-state index in [0.29, 0.717) is 5.56 Å². The van der Waals surface area contributed by atoms with Crippen LogP contribution in [0.25, 0.3) is 0 Å². The molecular weight excluding hydrogens is 283 g/mol. The number of ether oxygens (including phenoxy) is 1. The van der Waals surface area contributed by atoms with E-state index >= 15 is 0 Å². The topological polar surface area (TPSA) is 41.5 Å². The van der Waals surface area contributed by atoms with Crippen molar-refractivity contribution in [1.29, 1.82) is 0 Å². The van der Waals surface area contributed by atoms with Crippen LogP contribution in [0.15, 0.2) is 48.5 Å². The lowest BCUT2D eigenvalue weighted by Gasteiger charge is -2.19. The fourth-order valence-electron chi connectivity index (χ4n) is 1.96. The van der Waals surface area contributed by atoms with Gasteiger partial charge in [0.15, 0.2) is 5.75 Å². The van der Waals surface area contributed by atoms with Crippen LogP contribution in [0.3, 0.4) is 0 Å². The number of halogens is 3. The average molecular weight is 297 g/mol. The van der Waals surface area contributed by atoms with Gasteiger partial charge in [-0.3, -0.25) is 0 Å². The zero-order chi connectivity index (χ0) is 15.5. The van der Waals surface area contributed by atoms with Gasteiger partial charge in [-0.1, -0.05) is 30.3 Å². The van der Waals surface area contributed by atoms with Gasteiger partial charge < -0.3 is 15.2 Å². The Kier molecular flexibility index (Phi) is 4.26. The van der Waals surface area contributed by atoms with Gasteiger partial charge in [0.05, 0.1) is 11.7 Å². The van der Waals surface area contributed by atoms with Crippen molar-refractivity contribution in [2.24, 2.45) is 0 Å². The lowest BCUT2D eigenvalue weighted by Crippen LogP contribution is -2.18. The third kappa shape index (κ3) is 4.05. The van der Waals surface area contributed by atoms with Crippen LogP contribution in [0.2, 0.25) is 0 Å². The van der Waals surface area contributed by atoms with Crippen LogP contribution < -0.4 is 10.1 Å². The van der Waals surface area contributed by atoms with Crippen LogP contribution in [-0.2, 0) is 0 Å². The number of benzene rings is 2. The smallest absolute Gasteiger partial charge is 0.508 e. The molecule has 0 aliphatic heterocycles. The molecule has 21 heavy (non-hydrogen) atoms. The molecule has 2 aromatic carbocycles. The zero-order valence-electron chi connectivity index (χ0n) is 11.2. The first-order valence-electron chi connectivity index (χ1n) is 6.26. The van der Waals surface area contributed by atoms with Crippen LogP contribution in [-0.4, -0.2) is 11.5 Å². The van der Waals surface area contributed by atoms with Crippen LogP contribution in [0, 0.1) is 0 Å². The average Bonchev–Trinajstić information content (AvgIpc) is 2.40. The summed E-state index contributed by atoms with van der Waals surface area (Å²) >= 11 is 0. The van der Waals surface area contributed by atoms with Gasteiger partial charge in [0.2, 0.25) is 0 Å². The fraction of sp³-hybridized carbons (Fsp3) is 0.200. The Balaban J connectivity index is 2.22. The molecule has 2 N–H and O–H groups in total. The van der Waals surface area contributed by atoms with E-state index in [9.17, 15) is 18.3 Å². The van der Waals surface area contributed by atoms with Gasteiger partial charge in [0.1, 0.15) is 5.75 Å². The largest absolute Gasteiger partial charge is 0.573 e. The molecule has 0 radical (unpaired) electrons. The molecule has 3 nitrogen and oxygen atoms in total. The van der Waals surface area contributed by atoms with Crippen LogP contribution in [0.5, 0.6) is 11.5 Å². The van der Waals surface area contributed by atoms with Crippen LogP contribution in [0.1, 0.15) is 18.5 Å². The summed E-state index contributed by atoms with van der Waals surface area (Å²) in [4.78, 5) is 0. The van der Waals surface area contributed by atoms with Crippen molar-refractivity contribution in [1.82, 2.24) is 0 Å². The maximum atomic E-state index is 12.4. The Morgan fingerprint density at radius 3 is 2.33 bits per heavy atom. The quantitative estimate of drug-likeness (QED) is 0.875. The summed E-state index contributed by atoms with van der Waals surface area (Å²) in [6, 6.07) is 12.0. The second-order valence-electron chi connectivity index (χ2n) is 4.47. The number of hydrogen-bond donors (Lipinski definition) is 2. The van der Waals surface area contributed by atoms with Gasteiger partial charge in [0, 0.05) is 5.56 Å². The van der Waals surface area contributed by atoms with Gasteiger partial charge in [-0.05, 0) is 25.1 Å². The van der Waals surface area contributed by atoms with Crippen molar-refractivity contribution < 1.29 is 23.0 Å². The predicted molar refractivity (Wildman–Crippen MR) is 73.3 cm³/mol. The summed E-state index contributed by atoms with van der Waals surface area (Å²) in [5, 5.41) is 12.7. The molecule has 1 unspecified atom stereocenters. The molecule has 0 amide bonds. The fourth-order valence-corrected chi connectivity index (χ4v) is 1.96. The normalized spacial score (nSPS) is 12.8. The standard InChI is InChI=1S/C15H14F3NO2/c1-10(11-6-2-4-8-13(11)20)19-12-7-3-5-9-14(12)21-15(16,17)18/h2-10,19-20H,1H3. The summed E-state index contributed by atoms with van der Waals surface area (Å²) < 4.78 is 41.0. The summed E-state index contributed by atoms with van der Waals surface area (Å²) in [5.74, 6) is -0.237. The number of nitrogens with one attached hydrogen (secondary N) is 1. The Bertz CT molecular complexity index is 614. The van der Waals surface area contributed by atoms with E-state index in [2.05, 4.69) is 10.1 Å². The first kappa shape index (κ1) is 15.0. The second-order valence-corrected chi connectivity index (χ2v) is 4.47. The van der Waals surface area contributed by atoms with E-state index in [0.717, 1.165) is 0 Å². The number of phenols is 1. The van der Waals surface area contributed by atoms with E-state index in [1.807, 2.05) is 0 Å².